The Balaban J connectivity index is 1.92. The Morgan fingerprint density at radius 1 is 1.38 bits per heavy atom. The number of hydrogen-bond acceptors (Lipinski definition) is 5. The number of halogens is 1. The molecule has 3 aromatic rings. The molecule has 0 amide bonds. The smallest absolute Gasteiger partial charge is 0.359 e. The monoisotopic (exact) mass is 386 g/mol. The van der Waals surface area contributed by atoms with Gasteiger partial charge in [0, 0.05) is 29.7 Å². The predicted octanol–water partition coefficient (Wildman–Crippen LogP) is 2.66. The molecule has 122 valence electrons. The van der Waals surface area contributed by atoms with E-state index in [0.717, 1.165) is 28.8 Å². The lowest BCUT2D eigenvalue weighted by atomic mass is 9.94. The number of ether oxygens (including phenoxy) is 1. The molecule has 0 atom stereocenters. The number of esters is 1. The summed E-state index contributed by atoms with van der Waals surface area (Å²) in [5, 5.41) is 8.42. The second-order valence-electron chi connectivity index (χ2n) is 5.73. The number of methoxy groups -OCH3 is 1. The fraction of sp³-hybridized carbons (Fsp3) is 0.235. The van der Waals surface area contributed by atoms with E-state index in [1.54, 1.807) is 4.68 Å². The number of nitrogens with one attached hydrogen (secondary N) is 1. The third-order valence-corrected chi connectivity index (χ3v) is 4.72. The van der Waals surface area contributed by atoms with Crippen LogP contribution in [0.1, 0.15) is 22.0 Å². The van der Waals surface area contributed by atoms with Crippen molar-refractivity contribution in [1.29, 1.82) is 0 Å². The minimum Gasteiger partial charge on any atom is -0.464 e. The first kappa shape index (κ1) is 15.3. The van der Waals surface area contributed by atoms with Gasteiger partial charge in [-0.3, -0.25) is 0 Å². The molecule has 0 radical (unpaired) electrons. The minimum absolute atomic E-state index is 0.286. The van der Waals surface area contributed by atoms with Gasteiger partial charge in [-0.2, -0.15) is 5.10 Å². The third-order valence-electron chi connectivity index (χ3n) is 4.23. The van der Waals surface area contributed by atoms with Crippen LogP contribution in [0.3, 0.4) is 0 Å². The van der Waals surface area contributed by atoms with E-state index < -0.39 is 5.97 Å². The lowest BCUT2D eigenvalue weighted by molar-refractivity contribution is 0.0595. The summed E-state index contributed by atoms with van der Waals surface area (Å²) in [7, 11) is 1.36. The van der Waals surface area contributed by atoms with Crippen LogP contribution in [0.25, 0.3) is 16.7 Å². The van der Waals surface area contributed by atoms with Crippen LogP contribution in [0.4, 0.5) is 0 Å². The fourth-order valence-corrected chi connectivity index (χ4v) is 3.19. The van der Waals surface area contributed by atoms with Crippen molar-refractivity contribution in [2.45, 2.75) is 5.92 Å². The molecule has 1 aliphatic heterocycles. The Morgan fingerprint density at radius 3 is 2.88 bits per heavy atom. The standard InChI is InChI=1S/C17H15BrN4O2/c1-24-17(23)15-14-5-10(11-7-19-8-11)9-20-16(14)22(21-15)13-4-2-3-12(18)6-13/h2-6,9,11,19H,7-8H2,1H3. The first-order valence-corrected chi connectivity index (χ1v) is 8.40. The molecule has 3 heterocycles. The second kappa shape index (κ2) is 5.99. The molecule has 4 rings (SSSR count). The van der Waals surface area contributed by atoms with Gasteiger partial charge in [0.2, 0.25) is 0 Å². The van der Waals surface area contributed by atoms with Gasteiger partial charge in [0.25, 0.3) is 0 Å². The SMILES string of the molecule is COC(=O)c1nn(-c2cccc(Br)c2)c2ncc(C3CNC3)cc12. The molecule has 7 heteroatoms. The number of nitrogens with zero attached hydrogens (tertiary/aromatic N) is 3. The molecule has 6 nitrogen and oxygen atoms in total. The van der Waals surface area contributed by atoms with Crippen molar-refractivity contribution in [1.82, 2.24) is 20.1 Å². The van der Waals surface area contributed by atoms with Crippen LogP contribution in [0.5, 0.6) is 0 Å². The predicted molar refractivity (Wildman–Crippen MR) is 93.5 cm³/mol. The summed E-state index contributed by atoms with van der Waals surface area (Å²) >= 11 is 3.46. The summed E-state index contributed by atoms with van der Waals surface area (Å²) in [5.74, 6) is -0.0268. The van der Waals surface area contributed by atoms with E-state index in [0.29, 0.717) is 17.0 Å². The average molecular weight is 387 g/mol. The topological polar surface area (TPSA) is 69.0 Å². The summed E-state index contributed by atoms with van der Waals surface area (Å²) in [6.07, 6.45) is 1.87. The molecule has 1 aromatic carbocycles. The van der Waals surface area contributed by atoms with Crippen LogP contribution in [-0.4, -0.2) is 40.9 Å². The van der Waals surface area contributed by atoms with Gasteiger partial charge in [0.05, 0.1) is 18.2 Å². The summed E-state index contributed by atoms with van der Waals surface area (Å²) in [5.41, 5.74) is 2.87. The van der Waals surface area contributed by atoms with Crippen molar-refractivity contribution in [2.24, 2.45) is 0 Å². The van der Waals surface area contributed by atoms with E-state index in [4.69, 9.17) is 4.74 Å². The van der Waals surface area contributed by atoms with Crippen molar-refractivity contribution in [2.75, 3.05) is 20.2 Å². The van der Waals surface area contributed by atoms with Crippen molar-refractivity contribution in [3.05, 3.63) is 52.3 Å². The summed E-state index contributed by atoms with van der Waals surface area (Å²) in [4.78, 5) is 16.7. The molecule has 24 heavy (non-hydrogen) atoms. The van der Waals surface area contributed by atoms with Gasteiger partial charge in [0.1, 0.15) is 0 Å². The van der Waals surface area contributed by atoms with Crippen LogP contribution in [0, 0.1) is 0 Å². The average Bonchev–Trinajstić information content (AvgIpc) is 2.91. The molecule has 1 fully saturated rings. The Hall–Kier alpha value is -2.25. The van der Waals surface area contributed by atoms with Crippen molar-refractivity contribution in [3.8, 4) is 5.69 Å². The van der Waals surface area contributed by atoms with Crippen LogP contribution >= 0.6 is 15.9 Å². The number of fused-ring (bicyclic) bond motifs is 1. The van der Waals surface area contributed by atoms with E-state index >= 15 is 0 Å². The number of aromatic nitrogens is 3. The number of rotatable bonds is 3. The molecule has 0 saturated carbocycles. The van der Waals surface area contributed by atoms with E-state index in [2.05, 4.69) is 31.3 Å². The summed E-state index contributed by atoms with van der Waals surface area (Å²) in [6, 6.07) is 9.70. The number of carbonyl (C=O) groups excluding carboxylic acids is 1. The van der Waals surface area contributed by atoms with Gasteiger partial charge in [-0.1, -0.05) is 22.0 Å². The van der Waals surface area contributed by atoms with Crippen LogP contribution < -0.4 is 5.32 Å². The normalized spacial score (nSPS) is 14.6. The van der Waals surface area contributed by atoms with E-state index in [1.165, 1.54) is 7.11 Å². The summed E-state index contributed by atoms with van der Waals surface area (Å²) < 4.78 is 7.50. The largest absolute Gasteiger partial charge is 0.464 e. The molecule has 1 saturated heterocycles. The number of pyridine rings is 1. The van der Waals surface area contributed by atoms with Crippen molar-refractivity contribution in [3.63, 3.8) is 0 Å². The zero-order valence-electron chi connectivity index (χ0n) is 13.0. The number of benzene rings is 1. The van der Waals surface area contributed by atoms with Gasteiger partial charge in [-0.05, 0) is 29.8 Å². The van der Waals surface area contributed by atoms with Gasteiger partial charge in [-0.25, -0.2) is 14.5 Å². The lowest BCUT2D eigenvalue weighted by Crippen LogP contribution is -2.39. The fourth-order valence-electron chi connectivity index (χ4n) is 2.80. The highest BCUT2D eigenvalue weighted by atomic mass is 79.9. The molecule has 1 N–H and O–H groups in total. The maximum absolute atomic E-state index is 12.2. The Morgan fingerprint density at radius 2 is 2.21 bits per heavy atom. The number of hydrogen-bond donors (Lipinski definition) is 1. The quantitative estimate of drug-likeness (QED) is 0.700. The zero-order chi connectivity index (χ0) is 16.7. The molecule has 0 aliphatic carbocycles. The van der Waals surface area contributed by atoms with Gasteiger partial charge in [-0.15, -0.1) is 0 Å². The Kier molecular flexibility index (Phi) is 3.82. The van der Waals surface area contributed by atoms with Crippen LogP contribution in [0.2, 0.25) is 0 Å². The molecule has 1 aliphatic rings. The number of carbonyl (C=O) groups is 1. The Bertz CT molecular complexity index is 933. The highest BCUT2D eigenvalue weighted by Crippen LogP contribution is 2.27. The highest BCUT2D eigenvalue weighted by Gasteiger charge is 2.24. The third kappa shape index (κ3) is 2.50. The molecule has 2 aromatic heterocycles. The molecule has 0 bridgehead atoms. The summed E-state index contributed by atoms with van der Waals surface area (Å²) in [6.45, 7) is 1.86. The first-order chi connectivity index (χ1) is 11.7. The van der Waals surface area contributed by atoms with E-state index in [9.17, 15) is 4.79 Å². The van der Waals surface area contributed by atoms with Crippen molar-refractivity contribution >= 4 is 32.9 Å². The van der Waals surface area contributed by atoms with Crippen molar-refractivity contribution < 1.29 is 9.53 Å². The highest BCUT2D eigenvalue weighted by molar-refractivity contribution is 9.10. The zero-order valence-corrected chi connectivity index (χ0v) is 14.6. The Labute approximate surface area is 147 Å². The van der Waals surface area contributed by atoms with Gasteiger partial charge < -0.3 is 10.1 Å². The van der Waals surface area contributed by atoms with Gasteiger partial charge >= 0.3 is 5.97 Å². The molecule has 0 spiro atoms. The lowest BCUT2D eigenvalue weighted by Gasteiger charge is -2.27. The maximum atomic E-state index is 12.2. The van der Waals surface area contributed by atoms with Crippen LogP contribution in [-0.2, 0) is 4.74 Å². The second-order valence-corrected chi connectivity index (χ2v) is 6.64. The minimum atomic E-state index is -0.459. The molecular weight excluding hydrogens is 372 g/mol. The van der Waals surface area contributed by atoms with Crippen LogP contribution in [0.15, 0.2) is 41.0 Å². The maximum Gasteiger partial charge on any atom is 0.359 e. The van der Waals surface area contributed by atoms with E-state index in [-0.39, 0.29) is 5.69 Å². The van der Waals surface area contributed by atoms with Gasteiger partial charge in [0.15, 0.2) is 11.3 Å². The first-order valence-electron chi connectivity index (χ1n) is 7.61. The molecular formula is C17H15BrN4O2. The van der Waals surface area contributed by atoms with E-state index in [1.807, 2.05) is 36.5 Å². The molecule has 0 unspecified atom stereocenters.